The second-order valence-electron chi connectivity index (χ2n) is 7.80. The normalized spacial score (nSPS) is 18.4. The zero-order chi connectivity index (χ0) is 20.5. The Hall–Kier alpha value is -2.64. The van der Waals surface area contributed by atoms with E-state index in [2.05, 4.69) is 21.4 Å². The molecule has 0 amide bonds. The van der Waals surface area contributed by atoms with Gasteiger partial charge in [-0.1, -0.05) is 12.1 Å². The van der Waals surface area contributed by atoms with E-state index in [1.807, 2.05) is 30.5 Å². The smallest absolute Gasteiger partial charge is 0.212 e. The van der Waals surface area contributed by atoms with Crippen LogP contribution in [0.25, 0.3) is 11.1 Å². The number of pyridine rings is 1. The molecule has 2 aromatic heterocycles. The summed E-state index contributed by atoms with van der Waals surface area (Å²) >= 11 is 1.62. The average molecular weight is 424 g/mol. The summed E-state index contributed by atoms with van der Waals surface area (Å²) in [4.78, 5) is 10.2. The summed E-state index contributed by atoms with van der Waals surface area (Å²) in [6, 6.07) is 9.94. The minimum atomic E-state index is -0.456. The maximum absolute atomic E-state index is 10.3. The van der Waals surface area contributed by atoms with Gasteiger partial charge in [0, 0.05) is 28.3 Å². The van der Waals surface area contributed by atoms with Gasteiger partial charge in [-0.15, -0.1) is 11.3 Å². The highest BCUT2D eigenvalue weighted by molar-refractivity contribution is 7.15. The molecule has 1 fully saturated rings. The van der Waals surface area contributed by atoms with Crippen molar-refractivity contribution in [3.63, 3.8) is 0 Å². The van der Waals surface area contributed by atoms with Crippen LogP contribution in [0.4, 0.5) is 10.8 Å². The average Bonchev–Trinajstić information content (AvgIpc) is 3.15. The lowest BCUT2D eigenvalue weighted by molar-refractivity contribution is 0.122. The monoisotopic (exact) mass is 423 g/mol. The first-order valence-corrected chi connectivity index (χ1v) is 11.3. The molecule has 6 nitrogen and oxygen atoms in total. The van der Waals surface area contributed by atoms with Crippen molar-refractivity contribution in [3.05, 3.63) is 47.1 Å². The molecule has 30 heavy (non-hydrogen) atoms. The van der Waals surface area contributed by atoms with Gasteiger partial charge in [0.2, 0.25) is 5.88 Å². The van der Waals surface area contributed by atoms with Gasteiger partial charge in [-0.2, -0.15) is 0 Å². The molecule has 0 radical (unpaired) electrons. The quantitative estimate of drug-likeness (QED) is 0.563. The maximum Gasteiger partial charge on any atom is 0.212 e. The van der Waals surface area contributed by atoms with E-state index in [4.69, 9.17) is 9.47 Å². The molecule has 0 saturated heterocycles. The highest BCUT2D eigenvalue weighted by Gasteiger charge is 2.25. The number of benzene rings is 1. The second kappa shape index (κ2) is 8.24. The van der Waals surface area contributed by atoms with Gasteiger partial charge in [0.15, 0.2) is 10.9 Å². The third kappa shape index (κ3) is 3.75. The molecule has 2 aliphatic carbocycles. The number of methoxy groups -OCH3 is 1. The Morgan fingerprint density at radius 1 is 1.13 bits per heavy atom. The number of para-hydroxylation sites is 1. The first kappa shape index (κ1) is 19.3. The fourth-order valence-electron chi connectivity index (χ4n) is 3.87. The van der Waals surface area contributed by atoms with Crippen LogP contribution in [-0.4, -0.2) is 28.3 Å². The van der Waals surface area contributed by atoms with E-state index in [9.17, 15) is 5.11 Å². The predicted molar refractivity (Wildman–Crippen MR) is 118 cm³/mol. The molecule has 0 bridgehead atoms. The van der Waals surface area contributed by atoms with E-state index in [0.717, 1.165) is 65.5 Å². The SMILES string of the molecule is COc1ccc(-c2cccc(Nc3nc4c(s3)CCCC4O)c2OC2CCC2)cn1. The van der Waals surface area contributed by atoms with Crippen LogP contribution >= 0.6 is 11.3 Å². The molecule has 2 N–H and O–H groups in total. The number of rotatable bonds is 6. The van der Waals surface area contributed by atoms with Crippen molar-refractivity contribution in [1.29, 1.82) is 0 Å². The van der Waals surface area contributed by atoms with Crippen LogP contribution in [0, 0.1) is 0 Å². The number of ether oxygens (including phenoxy) is 2. The minimum Gasteiger partial charge on any atom is -0.488 e. The lowest BCUT2D eigenvalue weighted by atomic mass is 9.95. The molecular formula is C23H25N3O3S. The van der Waals surface area contributed by atoms with Gasteiger partial charge in [-0.25, -0.2) is 9.97 Å². The molecule has 156 valence electrons. The largest absolute Gasteiger partial charge is 0.488 e. The number of aryl methyl sites for hydroxylation is 1. The predicted octanol–water partition coefficient (Wildman–Crippen LogP) is 5.26. The number of aliphatic hydroxyl groups excluding tert-OH is 1. The van der Waals surface area contributed by atoms with Gasteiger partial charge in [0.05, 0.1) is 30.7 Å². The lowest BCUT2D eigenvalue weighted by Gasteiger charge is -2.29. The summed E-state index contributed by atoms with van der Waals surface area (Å²) < 4.78 is 11.6. The standard InChI is InChI=1S/C23H25N3O3S/c1-28-20-12-11-14(13-24-20)16-7-3-8-17(22(16)29-15-5-2-6-15)25-23-26-21-18(27)9-4-10-19(21)30-23/h3,7-8,11-13,15,18,27H,2,4-6,9-10H2,1H3,(H,25,26). The Labute approximate surface area is 179 Å². The number of aromatic nitrogens is 2. The van der Waals surface area contributed by atoms with Crippen molar-refractivity contribution in [3.8, 4) is 22.8 Å². The summed E-state index contributed by atoms with van der Waals surface area (Å²) in [7, 11) is 1.61. The fraction of sp³-hybridized carbons (Fsp3) is 0.391. The van der Waals surface area contributed by atoms with E-state index < -0.39 is 6.10 Å². The molecule has 1 aromatic carbocycles. The third-order valence-corrected chi connectivity index (χ3v) is 6.82. The van der Waals surface area contributed by atoms with E-state index in [0.29, 0.717) is 5.88 Å². The molecule has 1 unspecified atom stereocenters. The molecule has 1 saturated carbocycles. The molecule has 5 rings (SSSR count). The number of anilines is 2. The van der Waals surface area contributed by atoms with E-state index in [1.54, 1.807) is 18.4 Å². The van der Waals surface area contributed by atoms with Crippen molar-refractivity contribution >= 4 is 22.2 Å². The van der Waals surface area contributed by atoms with Gasteiger partial charge in [-0.3, -0.25) is 0 Å². The zero-order valence-corrected chi connectivity index (χ0v) is 17.7. The van der Waals surface area contributed by atoms with E-state index in [-0.39, 0.29) is 6.10 Å². The number of hydrogen-bond acceptors (Lipinski definition) is 7. The first-order chi connectivity index (χ1) is 14.7. The van der Waals surface area contributed by atoms with Crippen molar-refractivity contribution in [1.82, 2.24) is 9.97 Å². The molecule has 0 aliphatic heterocycles. The number of aliphatic hydroxyl groups is 1. The zero-order valence-electron chi connectivity index (χ0n) is 16.9. The summed E-state index contributed by atoms with van der Waals surface area (Å²) in [5, 5.41) is 14.5. The Bertz CT molecular complexity index is 1030. The van der Waals surface area contributed by atoms with Gasteiger partial charge in [-0.05, 0) is 50.7 Å². The Kier molecular flexibility index (Phi) is 5.31. The van der Waals surface area contributed by atoms with Crippen LogP contribution in [0.2, 0.25) is 0 Å². The Morgan fingerprint density at radius 2 is 2.03 bits per heavy atom. The number of thiazole rings is 1. The van der Waals surface area contributed by atoms with Gasteiger partial charge in [0.25, 0.3) is 0 Å². The molecule has 7 heteroatoms. The molecule has 2 aliphatic rings. The molecular weight excluding hydrogens is 398 g/mol. The summed E-state index contributed by atoms with van der Waals surface area (Å²) in [5.41, 5.74) is 3.67. The highest BCUT2D eigenvalue weighted by atomic mass is 32.1. The van der Waals surface area contributed by atoms with Crippen LogP contribution in [0.5, 0.6) is 11.6 Å². The van der Waals surface area contributed by atoms with Gasteiger partial charge in [0.1, 0.15) is 0 Å². The molecule has 2 heterocycles. The van der Waals surface area contributed by atoms with Crippen molar-refractivity contribution in [2.75, 3.05) is 12.4 Å². The van der Waals surface area contributed by atoms with Crippen LogP contribution in [-0.2, 0) is 6.42 Å². The molecule has 1 atom stereocenters. The lowest BCUT2D eigenvalue weighted by Crippen LogP contribution is -2.25. The van der Waals surface area contributed by atoms with Crippen molar-refractivity contribution in [2.24, 2.45) is 0 Å². The molecule has 3 aromatic rings. The van der Waals surface area contributed by atoms with Crippen LogP contribution in [0.1, 0.15) is 48.8 Å². The maximum atomic E-state index is 10.3. The van der Waals surface area contributed by atoms with E-state index in [1.165, 1.54) is 11.3 Å². The summed E-state index contributed by atoms with van der Waals surface area (Å²) in [5.74, 6) is 1.41. The number of fused-ring (bicyclic) bond motifs is 1. The number of hydrogen-bond donors (Lipinski definition) is 2. The van der Waals surface area contributed by atoms with Gasteiger partial charge < -0.3 is 19.9 Å². The summed E-state index contributed by atoms with van der Waals surface area (Å²) in [6.07, 6.45) is 7.72. The topological polar surface area (TPSA) is 76.5 Å². The van der Waals surface area contributed by atoms with Crippen molar-refractivity contribution in [2.45, 2.75) is 50.7 Å². The van der Waals surface area contributed by atoms with Gasteiger partial charge >= 0.3 is 0 Å². The molecule has 0 spiro atoms. The van der Waals surface area contributed by atoms with Crippen LogP contribution < -0.4 is 14.8 Å². The second-order valence-corrected chi connectivity index (χ2v) is 8.89. The number of nitrogens with zero attached hydrogens (tertiary/aromatic N) is 2. The minimum absolute atomic E-state index is 0.240. The van der Waals surface area contributed by atoms with Crippen molar-refractivity contribution < 1.29 is 14.6 Å². The first-order valence-electron chi connectivity index (χ1n) is 10.5. The Morgan fingerprint density at radius 3 is 2.73 bits per heavy atom. The van der Waals surface area contributed by atoms with E-state index >= 15 is 0 Å². The fourth-order valence-corrected chi connectivity index (χ4v) is 4.94. The Balaban J connectivity index is 1.50. The highest BCUT2D eigenvalue weighted by Crippen LogP contribution is 2.42. The third-order valence-electron chi connectivity index (χ3n) is 5.77. The van der Waals surface area contributed by atoms with Crippen LogP contribution in [0.3, 0.4) is 0 Å². The summed E-state index contributed by atoms with van der Waals surface area (Å²) in [6.45, 7) is 0. The van der Waals surface area contributed by atoms with Crippen LogP contribution in [0.15, 0.2) is 36.5 Å². The number of nitrogens with one attached hydrogen (secondary N) is 1.